The summed E-state index contributed by atoms with van der Waals surface area (Å²) < 4.78 is 5.00. The van der Waals surface area contributed by atoms with Gasteiger partial charge in [0.05, 0.1) is 13.2 Å². The van der Waals surface area contributed by atoms with E-state index in [0.717, 1.165) is 12.8 Å². The second kappa shape index (κ2) is 4.61. The molecule has 0 spiro atoms. The monoisotopic (exact) mass is 185 g/mol. The molecule has 1 rings (SSSR count). The van der Waals surface area contributed by atoms with Gasteiger partial charge in [-0.25, -0.2) is 0 Å². The molecule has 1 N–H and O–H groups in total. The van der Waals surface area contributed by atoms with Gasteiger partial charge in [0.15, 0.2) is 0 Å². The van der Waals surface area contributed by atoms with Crippen LogP contribution in [0.25, 0.3) is 0 Å². The molecule has 13 heavy (non-hydrogen) atoms. The van der Waals surface area contributed by atoms with Crippen LogP contribution >= 0.6 is 0 Å². The van der Waals surface area contributed by atoms with Crippen LogP contribution in [-0.2, 0) is 9.53 Å². The molecule has 0 atom stereocenters. The molecule has 0 aliphatic heterocycles. The number of ether oxygens (including phenoxy) is 1. The zero-order valence-electron chi connectivity index (χ0n) is 8.56. The number of nitrogens with one attached hydrogen (secondary N) is 1. The molecule has 0 amide bonds. The number of rotatable bonds is 6. The summed E-state index contributed by atoms with van der Waals surface area (Å²) in [5, 5.41) is 3.19. The Morgan fingerprint density at radius 1 is 1.54 bits per heavy atom. The van der Waals surface area contributed by atoms with Crippen LogP contribution in [-0.4, -0.2) is 24.7 Å². The minimum absolute atomic E-state index is 0.124. The fraction of sp³-hybridized carbons (Fsp3) is 0.900. The average molecular weight is 185 g/mol. The van der Waals surface area contributed by atoms with Gasteiger partial charge in [-0.2, -0.15) is 0 Å². The van der Waals surface area contributed by atoms with Crippen molar-refractivity contribution < 1.29 is 9.53 Å². The van der Waals surface area contributed by atoms with E-state index in [0.29, 0.717) is 13.2 Å². The van der Waals surface area contributed by atoms with Crippen LogP contribution in [0.2, 0.25) is 0 Å². The van der Waals surface area contributed by atoms with E-state index >= 15 is 0 Å². The Bertz CT molecular complexity index is 176. The third kappa shape index (κ3) is 4.27. The van der Waals surface area contributed by atoms with Gasteiger partial charge < -0.3 is 10.1 Å². The summed E-state index contributed by atoms with van der Waals surface area (Å²) in [5.41, 5.74) is 0.226. The Morgan fingerprint density at radius 2 is 2.23 bits per heavy atom. The van der Waals surface area contributed by atoms with Crippen LogP contribution in [0, 0.1) is 0 Å². The summed E-state index contributed by atoms with van der Waals surface area (Å²) in [4.78, 5) is 11.1. The fourth-order valence-corrected chi connectivity index (χ4v) is 1.03. The van der Waals surface area contributed by atoms with Crippen molar-refractivity contribution in [3.8, 4) is 0 Å². The standard InChI is InChI=1S/C10H19NO2/c1-3-4-7-13-9(12)8-11-10(2)5-6-10/h11H,3-8H2,1-2H3. The second-order valence-electron chi connectivity index (χ2n) is 3.99. The van der Waals surface area contributed by atoms with E-state index in [1.54, 1.807) is 0 Å². The number of unbranched alkanes of at least 4 members (excludes halogenated alkanes) is 1. The summed E-state index contributed by atoms with van der Waals surface area (Å²) in [6.07, 6.45) is 4.38. The molecule has 0 heterocycles. The van der Waals surface area contributed by atoms with Crippen LogP contribution in [0.3, 0.4) is 0 Å². The molecule has 3 heteroatoms. The van der Waals surface area contributed by atoms with Crippen molar-refractivity contribution in [3.05, 3.63) is 0 Å². The van der Waals surface area contributed by atoms with Crippen LogP contribution in [0.5, 0.6) is 0 Å². The van der Waals surface area contributed by atoms with Gasteiger partial charge in [-0.05, 0) is 26.2 Å². The zero-order valence-corrected chi connectivity index (χ0v) is 8.56. The maximum Gasteiger partial charge on any atom is 0.319 e. The maximum absolute atomic E-state index is 11.1. The highest BCUT2D eigenvalue weighted by Gasteiger charge is 2.36. The van der Waals surface area contributed by atoms with Gasteiger partial charge in [-0.3, -0.25) is 4.79 Å². The number of esters is 1. The normalized spacial score (nSPS) is 18.3. The third-order valence-electron chi connectivity index (χ3n) is 2.42. The van der Waals surface area contributed by atoms with E-state index in [1.165, 1.54) is 12.8 Å². The first-order valence-corrected chi connectivity index (χ1v) is 5.07. The van der Waals surface area contributed by atoms with Crippen molar-refractivity contribution in [2.45, 2.75) is 45.1 Å². The molecule has 0 aromatic heterocycles. The molecular weight excluding hydrogens is 166 g/mol. The summed E-state index contributed by atoms with van der Waals surface area (Å²) >= 11 is 0. The lowest BCUT2D eigenvalue weighted by Gasteiger charge is -2.10. The molecule has 1 fully saturated rings. The number of hydrogen-bond donors (Lipinski definition) is 1. The van der Waals surface area contributed by atoms with E-state index in [1.807, 2.05) is 0 Å². The van der Waals surface area contributed by atoms with Crippen LogP contribution in [0.4, 0.5) is 0 Å². The first-order chi connectivity index (χ1) is 6.16. The lowest BCUT2D eigenvalue weighted by molar-refractivity contribution is -0.142. The van der Waals surface area contributed by atoms with Gasteiger partial charge in [0, 0.05) is 5.54 Å². The Hall–Kier alpha value is -0.570. The van der Waals surface area contributed by atoms with E-state index < -0.39 is 0 Å². The minimum atomic E-state index is -0.124. The quantitative estimate of drug-likeness (QED) is 0.503. The highest BCUT2D eigenvalue weighted by molar-refractivity contribution is 5.71. The summed E-state index contributed by atoms with van der Waals surface area (Å²) in [7, 11) is 0. The Balaban J connectivity index is 1.97. The molecule has 0 aromatic rings. The third-order valence-corrected chi connectivity index (χ3v) is 2.42. The van der Waals surface area contributed by atoms with Crippen molar-refractivity contribution in [2.75, 3.05) is 13.2 Å². The molecule has 0 saturated heterocycles. The van der Waals surface area contributed by atoms with Crippen molar-refractivity contribution in [2.24, 2.45) is 0 Å². The van der Waals surface area contributed by atoms with Crippen LogP contribution in [0.15, 0.2) is 0 Å². The first-order valence-electron chi connectivity index (χ1n) is 5.07. The smallest absolute Gasteiger partial charge is 0.319 e. The predicted molar refractivity (Wildman–Crippen MR) is 51.5 cm³/mol. The van der Waals surface area contributed by atoms with Gasteiger partial charge in [-0.1, -0.05) is 13.3 Å². The predicted octanol–water partition coefficient (Wildman–Crippen LogP) is 1.47. The maximum atomic E-state index is 11.1. The Morgan fingerprint density at radius 3 is 2.77 bits per heavy atom. The molecule has 0 aromatic carbocycles. The van der Waals surface area contributed by atoms with Gasteiger partial charge >= 0.3 is 5.97 Å². The van der Waals surface area contributed by atoms with Crippen molar-refractivity contribution in [1.29, 1.82) is 0 Å². The van der Waals surface area contributed by atoms with Crippen molar-refractivity contribution >= 4 is 5.97 Å². The molecule has 0 bridgehead atoms. The summed E-state index contributed by atoms with van der Waals surface area (Å²) in [6, 6.07) is 0. The molecule has 1 saturated carbocycles. The Kier molecular flexibility index (Phi) is 3.72. The highest BCUT2D eigenvalue weighted by Crippen LogP contribution is 2.33. The van der Waals surface area contributed by atoms with E-state index in [9.17, 15) is 4.79 Å². The number of carbonyl (C=O) groups is 1. The van der Waals surface area contributed by atoms with Gasteiger partial charge in [0.25, 0.3) is 0 Å². The van der Waals surface area contributed by atoms with Gasteiger partial charge in [0.1, 0.15) is 0 Å². The summed E-state index contributed by atoms with van der Waals surface area (Å²) in [6.45, 7) is 5.14. The Labute approximate surface area is 79.8 Å². The van der Waals surface area contributed by atoms with Crippen LogP contribution < -0.4 is 5.32 Å². The second-order valence-corrected chi connectivity index (χ2v) is 3.99. The minimum Gasteiger partial charge on any atom is -0.465 e. The van der Waals surface area contributed by atoms with Crippen LogP contribution in [0.1, 0.15) is 39.5 Å². The average Bonchev–Trinajstić information content (AvgIpc) is 2.82. The fourth-order valence-electron chi connectivity index (χ4n) is 1.03. The molecular formula is C10H19NO2. The summed E-state index contributed by atoms with van der Waals surface area (Å²) in [5.74, 6) is -0.124. The number of hydrogen-bond acceptors (Lipinski definition) is 3. The molecule has 0 unspecified atom stereocenters. The molecule has 1 aliphatic carbocycles. The topological polar surface area (TPSA) is 38.3 Å². The van der Waals surface area contributed by atoms with Crippen molar-refractivity contribution in [1.82, 2.24) is 5.32 Å². The lowest BCUT2D eigenvalue weighted by atomic mass is 10.3. The van der Waals surface area contributed by atoms with E-state index in [2.05, 4.69) is 19.2 Å². The van der Waals surface area contributed by atoms with E-state index in [4.69, 9.17) is 4.74 Å². The first kappa shape index (κ1) is 10.5. The highest BCUT2D eigenvalue weighted by atomic mass is 16.5. The van der Waals surface area contributed by atoms with Gasteiger partial charge in [0.2, 0.25) is 0 Å². The molecule has 3 nitrogen and oxygen atoms in total. The van der Waals surface area contributed by atoms with Gasteiger partial charge in [-0.15, -0.1) is 0 Å². The molecule has 1 aliphatic rings. The zero-order chi connectivity index (χ0) is 9.73. The lowest BCUT2D eigenvalue weighted by Crippen LogP contribution is -2.34. The van der Waals surface area contributed by atoms with Crippen molar-refractivity contribution in [3.63, 3.8) is 0 Å². The molecule has 0 radical (unpaired) electrons. The SMILES string of the molecule is CCCCOC(=O)CNC1(C)CC1. The largest absolute Gasteiger partial charge is 0.465 e. The number of carbonyl (C=O) groups excluding carboxylic acids is 1. The molecule has 76 valence electrons. The van der Waals surface area contributed by atoms with E-state index in [-0.39, 0.29) is 11.5 Å².